The first-order valence-corrected chi connectivity index (χ1v) is 5.73. The summed E-state index contributed by atoms with van der Waals surface area (Å²) in [5.74, 6) is 0.160. The lowest BCUT2D eigenvalue weighted by atomic mass is 9.81. The summed E-state index contributed by atoms with van der Waals surface area (Å²) in [6.07, 6.45) is 0. The average molecular weight is 252 g/mol. The molecule has 0 aromatic heterocycles. The molecule has 0 bridgehead atoms. The van der Waals surface area contributed by atoms with E-state index in [-0.39, 0.29) is 5.75 Å². The molecule has 0 aliphatic rings. The van der Waals surface area contributed by atoms with Gasteiger partial charge in [-0.2, -0.15) is 0 Å². The normalized spacial score (nSPS) is 11.2. The number of esters is 1. The second-order valence-corrected chi connectivity index (χ2v) is 4.86. The first-order valence-electron chi connectivity index (χ1n) is 5.73. The highest BCUT2D eigenvalue weighted by Crippen LogP contribution is 2.42. The van der Waals surface area contributed by atoms with Gasteiger partial charge in [0.15, 0.2) is 0 Å². The molecule has 1 aromatic carbocycles. The third-order valence-electron chi connectivity index (χ3n) is 3.29. The standard InChI is InChI=1S/C14H20O4/c1-8-7-10(15)11(12(17-5)9(8)2)14(3,4)13(16)18-6/h7,15H,1-6H3. The van der Waals surface area contributed by atoms with Gasteiger partial charge in [0.2, 0.25) is 0 Å². The molecule has 0 saturated heterocycles. The van der Waals surface area contributed by atoms with Crippen LogP contribution in [-0.4, -0.2) is 25.3 Å². The Kier molecular flexibility index (Phi) is 3.89. The van der Waals surface area contributed by atoms with Crippen molar-refractivity contribution in [2.24, 2.45) is 0 Å². The van der Waals surface area contributed by atoms with E-state index in [9.17, 15) is 9.90 Å². The molecular formula is C14H20O4. The quantitative estimate of drug-likeness (QED) is 0.840. The van der Waals surface area contributed by atoms with E-state index < -0.39 is 11.4 Å². The number of phenols is 1. The van der Waals surface area contributed by atoms with Gasteiger partial charge in [0, 0.05) is 0 Å². The summed E-state index contributed by atoms with van der Waals surface area (Å²) in [5, 5.41) is 10.1. The van der Waals surface area contributed by atoms with Gasteiger partial charge in [0.1, 0.15) is 11.5 Å². The van der Waals surface area contributed by atoms with Gasteiger partial charge >= 0.3 is 5.97 Å². The van der Waals surface area contributed by atoms with Crippen molar-refractivity contribution in [1.82, 2.24) is 0 Å². The molecule has 1 rings (SSSR count). The van der Waals surface area contributed by atoms with Crippen molar-refractivity contribution in [2.45, 2.75) is 33.1 Å². The van der Waals surface area contributed by atoms with Crippen molar-refractivity contribution in [3.8, 4) is 11.5 Å². The molecule has 4 nitrogen and oxygen atoms in total. The molecule has 0 saturated carbocycles. The third kappa shape index (κ3) is 2.15. The Bertz CT molecular complexity index is 475. The fourth-order valence-electron chi connectivity index (χ4n) is 2.08. The number of phenolic OH excluding ortho intramolecular Hbond substituents is 1. The minimum atomic E-state index is -0.970. The number of benzene rings is 1. The van der Waals surface area contributed by atoms with Crippen LogP contribution in [0.3, 0.4) is 0 Å². The van der Waals surface area contributed by atoms with E-state index in [0.717, 1.165) is 11.1 Å². The maximum atomic E-state index is 11.9. The van der Waals surface area contributed by atoms with E-state index in [0.29, 0.717) is 11.3 Å². The molecule has 0 heterocycles. The smallest absolute Gasteiger partial charge is 0.315 e. The van der Waals surface area contributed by atoms with Crippen molar-refractivity contribution in [3.63, 3.8) is 0 Å². The predicted molar refractivity (Wildman–Crippen MR) is 69.2 cm³/mol. The Labute approximate surface area is 108 Å². The van der Waals surface area contributed by atoms with Gasteiger partial charge in [0.25, 0.3) is 0 Å². The number of rotatable bonds is 3. The van der Waals surface area contributed by atoms with E-state index in [2.05, 4.69) is 0 Å². The Morgan fingerprint density at radius 1 is 1.28 bits per heavy atom. The fourth-order valence-corrected chi connectivity index (χ4v) is 2.08. The summed E-state index contributed by atoms with van der Waals surface area (Å²) in [4.78, 5) is 11.9. The first kappa shape index (κ1) is 14.4. The maximum absolute atomic E-state index is 11.9. The second kappa shape index (κ2) is 4.88. The summed E-state index contributed by atoms with van der Waals surface area (Å²) in [6.45, 7) is 7.17. The van der Waals surface area contributed by atoms with Gasteiger partial charge in [-0.3, -0.25) is 4.79 Å². The topological polar surface area (TPSA) is 55.8 Å². The average Bonchev–Trinajstić information content (AvgIpc) is 2.31. The molecule has 0 radical (unpaired) electrons. The summed E-state index contributed by atoms with van der Waals surface area (Å²) in [7, 11) is 2.85. The van der Waals surface area contributed by atoms with E-state index in [4.69, 9.17) is 9.47 Å². The van der Waals surface area contributed by atoms with Gasteiger partial charge in [0.05, 0.1) is 25.2 Å². The van der Waals surface area contributed by atoms with Crippen molar-refractivity contribution < 1.29 is 19.4 Å². The molecule has 1 N–H and O–H groups in total. The van der Waals surface area contributed by atoms with Crippen LogP contribution >= 0.6 is 0 Å². The number of aromatic hydroxyl groups is 1. The van der Waals surface area contributed by atoms with E-state index in [1.165, 1.54) is 14.2 Å². The van der Waals surface area contributed by atoms with Crippen LogP contribution in [0.1, 0.15) is 30.5 Å². The van der Waals surface area contributed by atoms with Gasteiger partial charge in [-0.15, -0.1) is 0 Å². The van der Waals surface area contributed by atoms with Crippen LogP contribution in [0.15, 0.2) is 6.07 Å². The first-order chi connectivity index (χ1) is 8.27. The SMILES string of the molecule is COC(=O)C(C)(C)c1c(O)cc(C)c(C)c1OC. The number of methoxy groups -OCH3 is 2. The Morgan fingerprint density at radius 2 is 1.83 bits per heavy atom. The predicted octanol–water partition coefficient (Wildman–Crippen LogP) is 2.47. The zero-order chi connectivity index (χ0) is 14.1. The van der Waals surface area contributed by atoms with Crippen LogP contribution in [0, 0.1) is 13.8 Å². The highest BCUT2D eigenvalue weighted by atomic mass is 16.5. The van der Waals surface area contributed by atoms with Gasteiger partial charge in [-0.05, 0) is 44.9 Å². The zero-order valence-electron chi connectivity index (χ0n) is 11.7. The van der Waals surface area contributed by atoms with Gasteiger partial charge in [-0.1, -0.05) is 0 Å². The minimum absolute atomic E-state index is 0.0466. The number of ether oxygens (including phenoxy) is 2. The largest absolute Gasteiger partial charge is 0.507 e. The summed E-state index contributed by atoms with van der Waals surface area (Å²) < 4.78 is 10.1. The fraction of sp³-hybridized carbons (Fsp3) is 0.500. The Balaban J connectivity index is 3.59. The number of aryl methyl sites for hydroxylation is 1. The van der Waals surface area contributed by atoms with E-state index in [1.807, 2.05) is 13.8 Å². The number of hydrogen-bond acceptors (Lipinski definition) is 4. The number of hydrogen-bond donors (Lipinski definition) is 1. The molecule has 100 valence electrons. The van der Waals surface area contributed by atoms with E-state index >= 15 is 0 Å². The highest BCUT2D eigenvalue weighted by Gasteiger charge is 2.37. The van der Waals surface area contributed by atoms with Crippen LogP contribution < -0.4 is 4.74 Å². The van der Waals surface area contributed by atoms with E-state index in [1.54, 1.807) is 19.9 Å². The summed E-state index contributed by atoms with van der Waals surface area (Å²) in [6, 6.07) is 1.64. The molecule has 18 heavy (non-hydrogen) atoms. The van der Waals surface area contributed by atoms with Gasteiger partial charge < -0.3 is 14.6 Å². The lowest BCUT2D eigenvalue weighted by molar-refractivity contribution is -0.146. The van der Waals surface area contributed by atoms with Crippen molar-refractivity contribution in [1.29, 1.82) is 0 Å². The summed E-state index contributed by atoms with van der Waals surface area (Å²) >= 11 is 0. The van der Waals surface area contributed by atoms with Crippen LogP contribution in [-0.2, 0) is 14.9 Å². The van der Waals surface area contributed by atoms with Crippen molar-refractivity contribution in [2.75, 3.05) is 14.2 Å². The number of carbonyl (C=O) groups is 1. The van der Waals surface area contributed by atoms with Crippen LogP contribution in [0.5, 0.6) is 11.5 Å². The minimum Gasteiger partial charge on any atom is -0.507 e. The Morgan fingerprint density at radius 3 is 2.28 bits per heavy atom. The highest BCUT2D eigenvalue weighted by molar-refractivity contribution is 5.84. The molecule has 1 aromatic rings. The molecular weight excluding hydrogens is 232 g/mol. The molecule has 0 atom stereocenters. The molecule has 0 unspecified atom stereocenters. The lowest BCUT2D eigenvalue weighted by Crippen LogP contribution is -2.31. The molecule has 0 spiro atoms. The molecule has 0 aliphatic carbocycles. The Hall–Kier alpha value is -1.71. The van der Waals surface area contributed by atoms with Crippen LogP contribution in [0.25, 0.3) is 0 Å². The summed E-state index contributed by atoms with van der Waals surface area (Å²) in [5.41, 5.74) is 1.30. The van der Waals surface area contributed by atoms with Crippen molar-refractivity contribution >= 4 is 5.97 Å². The zero-order valence-corrected chi connectivity index (χ0v) is 11.7. The third-order valence-corrected chi connectivity index (χ3v) is 3.29. The van der Waals surface area contributed by atoms with Gasteiger partial charge in [-0.25, -0.2) is 0 Å². The number of carbonyl (C=O) groups excluding carboxylic acids is 1. The molecule has 0 amide bonds. The van der Waals surface area contributed by atoms with Crippen LogP contribution in [0.4, 0.5) is 0 Å². The molecule has 0 fully saturated rings. The van der Waals surface area contributed by atoms with Crippen LogP contribution in [0.2, 0.25) is 0 Å². The second-order valence-electron chi connectivity index (χ2n) is 4.86. The van der Waals surface area contributed by atoms with Crippen molar-refractivity contribution in [3.05, 3.63) is 22.8 Å². The molecule has 0 aliphatic heterocycles. The molecule has 4 heteroatoms. The lowest BCUT2D eigenvalue weighted by Gasteiger charge is -2.26. The maximum Gasteiger partial charge on any atom is 0.315 e. The monoisotopic (exact) mass is 252 g/mol.